The SMILES string of the molecule is CC(C)C1CNC2(CCCC2)CN1C(C)c1cccnc1. The third-order valence-electron chi connectivity index (χ3n) is 5.59. The van der Waals surface area contributed by atoms with Crippen molar-refractivity contribution in [2.24, 2.45) is 5.92 Å². The Hall–Kier alpha value is -0.930. The number of nitrogens with one attached hydrogen (secondary N) is 1. The molecule has 21 heavy (non-hydrogen) atoms. The second-order valence-corrected chi connectivity index (χ2v) is 7.31. The van der Waals surface area contributed by atoms with Crippen LogP contribution in [0.25, 0.3) is 0 Å². The first-order chi connectivity index (χ1) is 10.1. The van der Waals surface area contributed by atoms with E-state index >= 15 is 0 Å². The van der Waals surface area contributed by atoms with Crippen molar-refractivity contribution in [2.45, 2.75) is 64.1 Å². The van der Waals surface area contributed by atoms with E-state index in [1.807, 2.05) is 12.4 Å². The molecule has 2 unspecified atom stereocenters. The van der Waals surface area contributed by atoms with Crippen molar-refractivity contribution in [3.05, 3.63) is 30.1 Å². The van der Waals surface area contributed by atoms with Crippen LogP contribution in [0.4, 0.5) is 0 Å². The van der Waals surface area contributed by atoms with E-state index in [9.17, 15) is 0 Å². The van der Waals surface area contributed by atoms with Gasteiger partial charge in [-0.2, -0.15) is 0 Å². The Balaban J connectivity index is 1.83. The van der Waals surface area contributed by atoms with Gasteiger partial charge in [-0.15, -0.1) is 0 Å². The minimum atomic E-state index is 0.377. The molecule has 116 valence electrons. The summed E-state index contributed by atoms with van der Waals surface area (Å²) in [6.45, 7) is 9.36. The van der Waals surface area contributed by atoms with Crippen molar-refractivity contribution in [3.8, 4) is 0 Å². The number of hydrogen-bond acceptors (Lipinski definition) is 3. The van der Waals surface area contributed by atoms with Crippen molar-refractivity contribution in [2.75, 3.05) is 13.1 Å². The lowest BCUT2D eigenvalue weighted by Gasteiger charge is -2.50. The summed E-state index contributed by atoms with van der Waals surface area (Å²) >= 11 is 0. The first-order valence-corrected chi connectivity index (χ1v) is 8.52. The first-order valence-electron chi connectivity index (χ1n) is 8.52. The number of piperazine rings is 1. The molecule has 2 aliphatic rings. The lowest BCUT2D eigenvalue weighted by atomic mass is 9.87. The maximum atomic E-state index is 4.32. The van der Waals surface area contributed by atoms with Gasteiger partial charge in [-0.25, -0.2) is 0 Å². The normalized spacial score (nSPS) is 27.3. The quantitative estimate of drug-likeness (QED) is 0.923. The maximum absolute atomic E-state index is 4.32. The molecule has 1 saturated heterocycles. The molecule has 0 bridgehead atoms. The Morgan fingerprint density at radius 3 is 2.67 bits per heavy atom. The first kappa shape index (κ1) is 15.0. The van der Waals surface area contributed by atoms with E-state index in [0.29, 0.717) is 23.5 Å². The fourth-order valence-electron chi connectivity index (χ4n) is 4.21. The standard InChI is InChI=1S/C18H29N3/c1-14(2)17-12-20-18(8-4-5-9-18)13-21(17)15(3)16-7-6-10-19-11-16/h6-7,10-11,14-15,17,20H,4-5,8-9,12-13H2,1-3H3. The summed E-state index contributed by atoms with van der Waals surface area (Å²) in [6.07, 6.45) is 9.35. The Labute approximate surface area is 129 Å². The van der Waals surface area contributed by atoms with Gasteiger partial charge in [0.05, 0.1) is 0 Å². The number of rotatable bonds is 3. The van der Waals surface area contributed by atoms with E-state index in [-0.39, 0.29) is 0 Å². The van der Waals surface area contributed by atoms with E-state index in [2.05, 4.69) is 48.1 Å². The van der Waals surface area contributed by atoms with Crippen molar-refractivity contribution in [1.82, 2.24) is 15.2 Å². The highest BCUT2D eigenvalue weighted by Gasteiger charge is 2.43. The molecule has 2 fully saturated rings. The highest BCUT2D eigenvalue weighted by molar-refractivity contribution is 5.15. The van der Waals surface area contributed by atoms with Crippen LogP contribution in [0.15, 0.2) is 24.5 Å². The summed E-state index contributed by atoms with van der Waals surface area (Å²) in [4.78, 5) is 7.06. The van der Waals surface area contributed by atoms with Crippen LogP contribution in [-0.2, 0) is 0 Å². The molecule has 1 aliphatic heterocycles. The van der Waals surface area contributed by atoms with E-state index in [1.165, 1.54) is 37.8 Å². The van der Waals surface area contributed by atoms with E-state index in [4.69, 9.17) is 0 Å². The van der Waals surface area contributed by atoms with Gasteiger partial charge in [-0.05, 0) is 37.3 Å². The van der Waals surface area contributed by atoms with Gasteiger partial charge in [0, 0.05) is 43.1 Å². The van der Waals surface area contributed by atoms with Gasteiger partial charge < -0.3 is 5.32 Å². The fraction of sp³-hybridized carbons (Fsp3) is 0.722. The second-order valence-electron chi connectivity index (χ2n) is 7.31. The second kappa shape index (κ2) is 6.05. The molecule has 3 heteroatoms. The van der Waals surface area contributed by atoms with Gasteiger partial charge in [-0.1, -0.05) is 32.8 Å². The van der Waals surface area contributed by atoms with Crippen LogP contribution in [0.3, 0.4) is 0 Å². The molecular formula is C18H29N3. The predicted octanol–water partition coefficient (Wildman–Crippen LogP) is 3.39. The highest BCUT2D eigenvalue weighted by Crippen LogP contribution is 2.37. The largest absolute Gasteiger partial charge is 0.308 e. The monoisotopic (exact) mass is 287 g/mol. The molecular weight excluding hydrogens is 258 g/mol. The molecule has 0 aromatic carbocycles. The topological polar surface area (TPSA) is 28.2 Å². The maximum Gasteiger partial charge on any atom is 0.0339 e. The van der Waals surface area contributed by atoms with Gasteiger partial charge >= 0.3 is 0 Å². The van der Waals surface area contributed by atoms with Gasteiger partial charge in [0.1, 0.15) is 0 Å². The van der Waals surface area contributed by atoms with Crippen LogP contribution < -0.4 is 5.32 Å². The lowest BCUT2D eigenvalue weighted by molar-refractivity contribution is 0.0267. The smallest absolute Gasteiger partial charge is 0.0339 e. The summed E-state index contributed by atoms with van der Waals surface area (Å²) in [6, 6.07) is 5.35. The van der Waals surface area contributed by atoms with Gasteiger partial charge in [0.15, 0.2) is 0 Å². The zero-order chi connectivity index (χ0) is 14.9. The Kier molecular flexibility index (Phi) is 4.32. The summed E-state index contributed by atoms with van der Waals surface area (Å²) in [5.74, 6) is 0.676. The van der Waals surface area contributed by atoms with Crippen molar-refractivity contribution in [1.29, 1.82) is 0 Å². The van der Waals surface area contributed by atoms with E-state index in [1.54, 1.807) is 0 Å². The number of pyridine rings is 1. The molecule has 0 amide bonds. The van der Waals surface area contributed by atoms with E-state index < -0.39 is 0 Å². The number of aromatic nitrogens is 1. The summed E-state index contributed by atoms with van der Waals surface area (Å²) in [7, 11) is 0. The highest BCUT2D eigenvalue weighted by atomic mass is 15.3. The number of nitrogens with zero attached hydrogens (tertiary/aromatic N) is 2. The molecule has 1 aromatic rings. The average molecular weight is 287 g/mol. The summed E-state index contributed by atoms with van der Waals surface area (Å²) < 4.78 is 0. The van der Waals surface area contributed by atoms with Crippen LogP contribution >= 0.6 is 0 Å². The predicted molar refractivity (Wildman–Crippen MR) is 87.2 cm³/mol. The Morgan fingerprint density at radius 1 is 1.29 bits per heavy atom. The van der Waals surface area contributed by atoms with Gasteiger partial charge in [-0.3, -0.25) is 9.88 Å². The third-order valence-corrected chi connectivity index (χ3v) is 5.59. The van der Waals surface area contributed by atoms with E-state index in [0.717, 1.165) is 6.54 Å². The Bertz CT molecular complexity index is 451. The van der Waals surface area contributed by atoms with Gasteiger partial charge in [0.25, 0.3) is 0 Å². The Morgan fingerprint density at radius 2 is 2.05 bits per heavy atom. The molecule has 2 heterocycles. The van der Waals surface area contributed by atoms with Crippen LogP contribution in [-0.4, -0.2) is 34.6 Å². The molecule has 1 aliphatic carbocycles. The minimum absolute atomic E-state index is 0.377. The van der Waals surface area contributed by atoms with Crippen molar-refractivity contribution >= 4 is 0 Å². The molecule has 0 radical (unpaired) electrons. The molecule has 1 N–H and O–H groups in total. The fourth-order valence-corrected chi connectivity index (χ4v) is 4.21. The van der Waals surface area contributed by atoms with Crippen molar-refractivity contribution < 1.29 is 0 Å². The molecule has 3 nitrogen and oxygen atoms in total. The lowest BCUT2D eigenvalue weighted by Crippen LogP contribution is -2.64. The molecule has 1 saturated carbocycles. The average Bonchev–Trinajstić information content (AvgIpc) is 2.95. The molecule has 2 atom stereocenters. The molecule has 1 spiro atoms. The molecule has 3 rings (SSSR count). The third kappa shape index (κ3) is 3.00. The van der Waals surface area contributed by atoms with Crippen LogP contribution in [0, 0.1) is 5.92 Å². The zero-order valence-electron chi connectivity index (χ0n) is 13.7. The number of hydrogen-bond donors (Lipinski definition) is 1. The molecule has 1 aromatic heterocycles. The van der Waals surface area contributed by atoms with Crippen LogP contribution in [0.1, 0.15) is 58.1 Å². The van der Waals surface area contributed by atoms with Crippen LogP contribution in [0.2, 0.25) is 0 Å². The van der Waals surface area contributed by atoms with Crippen molar-refractivity contribution in [3.63, 3.8) is 0 Å². The summed E-state index contributed by atoms with van der Waals surface area (Å²) in [5, 5.41) is 3.90. The van der Waals surface area contributed by atoms with Crippen LogP contribution in [0.5, 0.6) is 0 Å². The summed E-state index contributed by atoms with van der Waals surface area (Å²) in [5.41, 5.74) is 1.72. The zero-order valence-corrected chi connectivity index (χ0v) is 13.7. The minimum Gasteiger partial charge on any atom is -0.308 e. The van der Waals surface area contributed by atoms with Gasteiger partial charge in [0.2, 0.25) is 0 Å².